The van der Waals surface area contributed by atoms with Crippen molar-refractivity contribution in [2.45, 2.75) is 39.8 Å². The number of amides is 1. The maximum atomic E-state index is 12.5. The van der Waals surface area contributed by atoms with Crippen LogP contribution in [0.2, 0.25) is 0 Å². The molecule has 1 N–H and O–H groups in total. The van der Waals surface area contributed by atoms with Crippen molar-refractivity contribution in [1.29, 1.82) is 0 Å². The van der Waals surface area contributed by atoms with E-state index in [2.05, 4.69) is 10.3 Å². The molecule has 2 aromatic rings. The SMILES string of the molecule is Cc1ccc(C)c(N([C@@H](C)C(=O)NCCCn2ccnc2)S(C)(=O)=O)c1. The molecule has 0 bridgehead atoms. The summed E-state index contributed by atoms with van der Waals surface area (Å²) in [6.07, 6.45) is 7.14. The fraction of sp³-hybridized carbons (Fsp3) is 0.444. The van der Waals surface area contributed by atoms with E-state index in [0.29, 0.717) is 12.2 Å². The molecule has 0 aliphatic rings. The van der Waals surface area contributed by atoms with Crippen molar-refractivity contribution in [3.63, 3.8) is 0 Å². The number of rotatable bonds is 8. The van der Waals surface area contributed by atoms with Gasteiger partial charge in [0.2, 0.25) is 15.9 Å². The van der Waals surface area contributed by atoms with Gasteiger partial charge >= 0.3 is 0 Å². The van der Waals surface area contributed by atoms with E-state index in [0.717, 1.165) is 30.3 Å². The molecule has 142 valence electrons. The predicted octanol–water partition coefficient (Wildman–Crippen LogP) is 1.86. The first-order valence-electron chi connectivity index (χ1n) is 8.50. The molecule has 0 radical (unpaired) electrons. The van der Waals surface area contributed by atoms with Crippen molar-refractivity contribution < 1.29 is 13.2 Å². The monoisotopic (exact) mass is 378 g/mol. The smallest absolute Gasteiger partial charge is 0.243 e. The Hall–Kier alpha value is -2.35. The van der Waals surface area contributed by atoms with Crippen LogP contribution in [0.5, 0.6) is 0 Å². The number of hydrogen-bond acceptors (Lipinski definition) is 4. The average Bonchev–Trinajstić information content (AvgIpc) is 3.07. The Morgan fingerprint density at radius 1 is 1.35 bits per heavy atom. The highest BCUT2D eigenvalue weighted by Gasteiger charge is 2.29. The second-order valence-electron chi connectivity index (χ2n) is 6.47. The topological polar surface area (TPSA) is 84.3 Å². The Morgan fingerprint density at radius 3 is 2.69 bits per heavy atom. The minimum Gasteiger partial charge on any atom is -0.354 e. The Labute approximate surface area is 155 Å². The summed E-state index contributed by atoms with van der Waals surface area (Å²) in [5, 5.41) is 2.82. The summed E-state index contributed by atoms with van der Waals surface area (Å²) < 4.78 is 27.8. The number of nitrogens with zero attached hydrogens (tertiary/aromatic N) is 3. The first-order chi connectivity index (χ1) is 12.2. The van der Waals surface area contributed by atoms with E-state index in [9.17, 15) is 13.2 Å². The van der Waals surface area contributed by atoms with Gasteiger partial charge in [-0.1, -0.05) is 12.1 Å². The van der Waals surface area contributed by atoms with Gasteiger partial charge in [-0.05, 0) is 44.4 Å². The van der Waals surface area contributed by atoms with Gasteiger partial charge in [-0.25, -0.2) is 13.4 Å². The normalized spacial score (nSPS) is 12.6. The van der Waals surface area contributed by atoms with Gasteiger partial charge in [0, 0.05) is 25.5 Å². The molecule has 1 aromatic carbocycles. The summed E-state index contributed by atoms with van der Waals surface area (Å²) in [5.74, 6) is -0.318. The third-order valence-corrected chi connectivity index (χ3v) is 5.37. The number of benzene rings is 1. The van der Waals surface area contributed by atoms with Crippen molar-refractivity contribution in [3.05, 3.63) is 48.0 Å². The molecule has 1 atom stereocenters. The highest BCUT2D eigenvalue weighted by molar-refractivity contribution is 7.92. The molecule has 2 rings (SSSR count). The fourth-order valence-corrected chi connectivity index (χ4v) is 4.00. The number of carbonyl (C=O) groups is 1. The summed E-state index contributed by atoms with van der Waals surface area (Å²) in [7, 11) is -3.61. The van der Waals surface area contributed by atoms with Crippen LogP contribution in [0.1, 0.15) is 24.5 Å². The maximum absolute atomic E-state index is 12.5. The molecule has 0 aliphatic carbocycles. The maximum Gasteiger partial charge on any atom is 0.243 e. The third-order valence-electron chi connectivity index (χ3n) is 4.14. The molecule has 8 heteroatoms. The van der Waals surface area contributed by atoms with Gasteiger partial charge in [-0.2, -0.15) is 0 Å². The summed E-state index contributed by atoms with van der Waals surface area (Å²) in [4.78, 5) is 16.5. The van der Waals surface area contributed by atoms with Crippen LogP contribution < -0.4 is 9.62 Å². The quantitative estimate of drug-likeness (QED) is 0.711. The van der Waals surface area contributed by atoms with Gasteiger partial charge in [0.15, 0.2) is 0 Å². The molecule has 0 spiro atoms. The predicted molar refractivity (Wildman–Crippen MR) is 103 cm³/mol. The highest BCUT2D eigenvalue weighted by atomic mass is 32.2. The van der Waals surface area contributed by atoms with Crippen LogP contribution in [0, 0.1) is 13.8 Å². The van der Waals surface area contributed by atoms with Crippen LogP contribution in [0.3, 0.4) is 0 Å². The van der Waals surface area contributed by atoms with Crippen molar-refractivity contribution in [2.24, 2.45) is 0 Å². The number of hydrogen-bond donors (Lipinski definition) is 1. The number of carbonyl (C=O) groups excluding carboxylic acids is 1. The molecule has 26 heavy (non-hydrogen) atoms. The average molecular weight is 378 g/mol. The van der Waals surface area contributed by atoms with E-state index in [1.807, 2.05) is 36.7 Å². The van der Waals surface area contributed by atoms with E-state index < -0.39 is 16.1 Å². The summed E-state index contributed by atoms with van der Waals surface area (Å²) in [5.41, 5.74) is 2.28. The standard InChI is InChI=1S/C18H26N4O3S/c1-14-6-7-15(2)17(12-14)22(26(4,24)25)16(3)18(23)20-8-5-10-21-11-9-19-13-21/h6-7,9,11-13,16H,5,8,10H2,1-4H3,(H,20,23)/t16-/m0/s1. The fourth-order valence-electron chi connectivity index (χ4n) is 2.78. The molecule has 0 aliphatic heterocycles. The van der Waals surface area contributed by atoms with Crippen LogP contribution in [-0.4, -0.2) is 42.7 Å². The van der Waals surface area contributed by atoms with Gasteiger partial charge in [0.05, 0.1) is 18.3 Å². The van der Waals surface area contributed by atoms with Crippen LogP contribution in [0.25, 0.3) is 0 Å². The Bertz CT molecular complexity index is 847. The zero-order chi connectivity index (χ0) is 19.3. The van der Waals surface area contributed by atoms with Gasteiger partial charge in [-0.3, -0.25) is 9.10 Å². The first kappa shape index (κ1) is 20.0. The van der Waals surface area contributed by atoms with Gasteiger partial charge in [-0.15, -0.1) is 0 Å². The lowest BCUT2D eigenvalue weighted by Gasteiger charge is -2.29. The highest BCUT2D eigenvalue weighted by Crippen LogP contribution is 2.26. The minimum absolute atomic E-state index is 0.318. The van der Waals surface area contributed by atoms with E-state index in [4.69, 9.17) is 0 Å². The zero-order valence-corrected chi connectivity index (χ0v) is 16.5. The van der Waals surface area contributed by atoms with Gasteiger partial charge in [0.1, 0.15) is 6.04 Å². The molecule has 7 nitrogen and oxygen atoms in total. The summed E-state index contributed by atoms with van der Waals surface area (Å²) in [6, 6.07) is 4.73. The van der Waals surface area contributed by atoms with E-state index in [-0.39, 0.29) is 5.91 Å². The molecule has 0 fully saturated rings. The number of anilines is 1. The lowest BCUT2D eigenvalue weighted by atomic mass is 10.1. The van der Waals surface area contributed by atoms with Crippen LogP contribution >= 0.6 is 0 Å². The second kappa shape index (κ2) is 8.35. The lowest BCUT2D eigenvalue weighted by molar-refractivity contribution is -0.121. The molecular weight excluding hydrogens is 352 g/mol. The Kier molecular flexibility index (Phi) is 6.42. The van der Waals surface area contributed by atoms with Crippen molar-refractivity contribution >= 4 is 21.6 Å². The minimum atomic E-state index is -3.61. The summed E-state index contributed by atoms with van der Waals surface area (Å²) >= 11 is 0. The summed E-state index contributed by atoms with van der Waals surface area (Å²) in [6.45, 7) is 6.54. The number of nitrogens with one attached hydrogen (secondary N) is 1. The molecule has 0 unspecified atom stereocenters. The van der Waals surface area contributed by atoms with Gasteiger partial charge < -0.3 is 9.88 Å². The van der Waals surface area contributed by atoms with E-state index in [1.54, 1.807) is 25.5 Å². The molecular formula is C18H26N4O3S. The van der Waals surface area contributed by atoms with E-state index >= 15 is 0 Å². The van der Waals surface area contributed by atoms with Crippen molar-refractivity contribution in [3.8, 4) is 0 Å². The van der Waals surface area contributed by atoms with Crippen molar-refractivity contribution in [2.75, 3.05) is 17.1 Å². The third kappa shape index (κ3) is 5.08. The Morgan fingerprint density at radius 2 is 2.08 bits per heavy atom. The molecule has 1 heterocycles. The van der Waals surface area contributed by atoms with Crippen molar-refractivity contribution in [1.82, 2.24) is 14.9 Å². The molecule has 0 saturated heterocycles. The molecule has 0 saturated carbocycles. The molecule has 1 amide bonds. The Balaban J connectivity index is 2.07. The van der Waals surface area contributed by atoms with E-state index in [1.165, 1.54) is 4.31 Å². The first-order valence-corrected chi connectivity index (χ1v) is 10.3. The largest absolute Gasteiger partial charge is 0.354 e. The van der Waals surface area contributed by atoms with Crippen LogP contribution in [0.4, 0.5) is 5.69 Å². The lowest BCUT2D eigenvalue weighted by Crippen LogP contribution is -2.48. The number of aromatic nitrogens is 2. The van der Waals surface area contributed by atoms with Crippen LogP contribution in [-0.2, 0) is 21.4 Å². The number of imidazole rings is 1. The number of sulfonamides is 1. The zero-order valence-electron chi connectivity index (χ0n) is 15.6. The molecule has 1 aromatic heterocycles. The number of aryl methyl sites for hydroxylation is 3. The van der Waals surface area contributed by atoms with Gasteiger partial charge in [0.25, 0.3) is 0 Å². The second-order valence-corrected chi connectivity index (χ2v) is 8.33. The van der Waals surface area contributed by atoms with Crippen LogP contribution in [0.15, 0.2) is 36.9 Å².